The second-order valence-corrected chi connectivity index (χ2v) is 4.61. The lowest BCUT2D eigenvalue weighted by Gasteiger charge is -2.10. The molecule has 0 radical (unpaired) electrons. The van der Waals surface area contributed by atoms with Crippen molar-refractivity contribution in [1.29, 1.82) is 0 Å². The number of anilines is 2. The van der Waals surface area contributed by atoms with Gasteiger partial charge in [0.05, 0.1) is 12.8 Å². The van der Waals surface area contributed by atoms with Crippen molar-refractivity contribution < 1.29 is 4.74 Å². The molecule has 2 rings (SSSR count). The molecule has 1 aromatic carbocycles. The van der Waals surface area contributed by atoms with Crippen LogP contribution in [0.2, 0.25) is 0 Å². The first kappa shape index (κ1) is 13.5. The summed E-state index contributed by atoms with van der Waals surface area (Å²) >= 11 is 0. The number of aromatic nitrogens is 2. The van der Waals surface area contributed by atoms with Gasteiger partial charge >= 0.3 is 0 Å². The molecule has 0 aliphatic carbocycles. The molecule has 0 fully saturated rings. The van der Waals surface area contributed by atoms with Crippen molar-refractivity contribution in [3.05, 3.63) is 36.2 Å². The summed E-state index contributed by atoms with van der Waals surface area (Å²) in [5.74, 6) is 1.73. The molecule has 102 valence electrons. The van der Waals surface area contributed by atoms with Crippen LogP contribution in [-0.2, 0) is 6.54 Å². The third kappa shape index (κ3) is 3.50. The van der Waals surface area contributed by atoms with Gasteiger partial charge in [-0.05, 0) is 25.5 Å². The zero-order chi connectivity index (χ0) is 13.7. The van der Waals surface area contributed by atoms with Crippen LogP contribution < -0.4 is 10.1 Å². The molecule has 1 heterocycles. The molecule has 1 N–H and O–H groups in total. The van der Waals surface area contributed by atoms with E-state index in [-0.39, 0.29) is 0 Å². The summed E-state index contributed by atoms with van der Waals surface area (Å²) in [5.41, 5.74) is 2.02. The van der Waals surface area contributed by atoms with Crippen LogP contribution in [0.4, 0.5) is 11.6 Å². The quantitative estimate of drug-likeness (QED) is 0.858. The number of ether oxygens (including phenoxy) is 1. The van der Waals surface area contributed by atoms with Crippen LogP contribution in [0.5, 0.6) is 5.75 Å². The maximum atomic E-state index is 5.23. The molecule has 1 aromatic heterocycles. The molecule has 0 amide bonds. The number of unbranched alkanes of at least 4 members (excludes halogenated alkanes) is 1. The van der Waals surface area contributed by atoms with Crippen molar-refractivity contribution in [2.45, 2.75) is 33.2 Å². The average molecular weight is 259 g/mol. The minimum absolute atomic E-state index is 0.841. The van der Waals surface area contributed by atoms with Gasteiger partial charge in [0.1, 0.15) is 5.75 Å². The van der Waals surface area contributed by atoms with E-state index >= 15 is 0 Å². The molecule has 0 bridgehead atoms. The van der Waals surface area contributed by atoms with Gasteiger partial charge in [0.2, 0.25) is 5.95 Å². The Bertz CT molecular complexity index is 534. The van der Waals surface area contributed by atoms with Crippen LogP contribution in [0.25, 0.3) is 0 Å². The molecule has 0 aliphatic rings. The zero-order valence-electron chi connectivity index (χ0n) is 11.8. The number of nitrogens with zero attached hydrogens (tertiary/aromatic N) is 2. The van der Waals surface area contributed by atoms with E-state index < -0.39 is 0 Å². The van der Waals surface area contributed by atoms with Crippen LogP contribution in [0.1, 0.15) is 25.5 Å². The highest BCUT2D eigenvalue weighted by Gasteiger charge is 2.06. The van der Waals surface area contributed by atoms with Crippen LogP contribution in [0.15, 0.2) is 30.5 Å². The molecule has 0 aliphatic heterocycles. The predicted molar refractivity (Wildman–Crippen MR) is 78.1 cm³/mol. The number of rotatable bonds is 6. The van der Waals surface area contributed by atoms with Crippen molar-refractivity contribution in [3.63, 3.8) is 0 Å². The fourth-order valence-electron chi connectivity index (χ4n) is 1.98. The first-order chi connectivity index (χ1) is 9.22. The summed E-state index contributed by atoms with van der Waals surface area (Å²) in [6.07, 6.45) is 4.41. The van der Waals surface area contributed by atoms with Crippen LogP contribution >= 0.6 is 0 Å². The van der Waals surface area contributed by atoms with Gasteiger partial charge in [-0.2, -0.15) is 0 Å². The minimum atomic E-state index is 0.841. The number of aryl methyl sites for hydroxylation is 2. The van der Waals surface area contributed by atoms with Gasteiger partial charge in [-0.1, -0.05) is 19.4 Å². The van der Waals surface area contributed by atoms with Crippen molar-refractivity contribution in [1.82, 2.24) is 9.55 Å². The van der Waals surface area contributed by atoms with E-state index in [4.69, 9.17) is 4.74 Å². The largest absolute Gasteiger partial charge is 0.497 e. The molecular formula is C15H21N3O. The average Bonchev–Trinajstić information content (AvgIpc) is 2.76. The van der Waals surface area contributed by atoms with Gasteiger partial charge in [0, 0.05) is 24.5 Å². The van der Waals surface area contributed by atoms with Crippen molar-refractivity contribution >= 4 is 11.6 Å². The van der Waals surface area contributed by atoms with E-state index in [1.54, 1.807) is 7.11 Å². The number of hydrogen-bond donors (Lipinski definition) is 1. The van der Waals surface area contributed by atoms with E-state index in [0.29, 0.717) is 0 Å². The van der Waals surface area contributed by atoms with Gasteiger partial charge in [-0.15, -0.1) is 0 Å². The predicted octanol–water partition coefficient (Wildman–Crippen LogP) is 3.74. The fourth-order valence-corrected chi connectivity index (χ4v) is 1.98. The second kappa shape index (κ2) is 6.27. The number of nitrogens with one attached hydrogen (secondary N) is 1. The van der Waals surface area contributed by atoms with E-state index in [1.807, 2.05) is 31.2 Å². The highest BCUT2D eigenvalue weighted by Crippen LogP contribution is 2.21. The van der Waals surface area contributed by atoms with E-state index in [2.05, 4.69) is 28.0 Å². The molecule has 0 saturated carbocycles. The summed E-state index contributed by atoms with van der Waals surface area (Å²) in [4.78, 5) is 4.53. The molecule has 0 saturated heterocycles. The molecule has 4 heteroatoms. The Morgan fingerprint density at radius 1 is 1.37 bits per heavy atom. The van der Waals surface area contributed by atoms with Gasteiger partial charge in [0.15, 0.2) is 0 Å². The summed E-state index contributed by atoms with van der Waals surface area (Å²) in [5, 5.41) is 3.35. The lowest BCUT2D eigenvalue weighted by atomic mass is 10.3. The Morgan fingerprint density at radius 3 is 2.95 bits per heavy atom. The Morgan fingerprint density at radius 2 is 2.21 bits per heavy atom. The summed E-state index contributed by atoms with van der Waals surface area (Å²) < 4.78 is 7.39. The zero-order valence-corrected chi connectivity index (χ0v) is 11.8. The third-order valence-electron chi connectivity index (χ3n) is 2.98. The lowest BCUT2D eigenvalue weighted by Crippen LogP contribution is -2.03. The Hall–Kier alpha value is -1.97. The highest BCUT2D eigenvalue weighted by molar-refractivity contribution is 5.56. The van der Waals surface area contributed by atoms with E-state index in [0.717, 1.165) is 36.0 Å². The Balaban J connectivity index is 2.17. The van der Waals surface area contributed by atoms with Crippen molar-refractivity contribution in [3.8, 4) is 5.75 Å². The van der Waals surface area contributed by atoms with Crippen LogP contribution in [0.3, 0.4) is 0 Å². The van der Waals surface area contributed by atoms with Crippen molar-refractivity contribution in [2.75, 3.05) is 12.4 Å². The first-order valence-electron chi connectivity index (χ1n) is 6.67. The normalized spacial score (nSPS) is 10.5. The van der Waals surface area contributed by atoms with Gasteiger partial charge in [0.25, 0.3) is 0 Å². The maximum absolute atomic E-state index is 5.23. The third-order valence-corrected chi connectivity index (χ3v) is 2.98. The number of benzene rings is 1. The van der Waals surface area contributed by atoms with Crippen LogP contribution in [-0.4, -0.2) is 16.7 Å². The van der Waals surface area contributed by atoms with Gasteiger partial charge < -0.3 is 14.6 Å². The number of imidazole rings is 1. The molecular weight excluding hydrogens is 238 g/mol. The molecule has 0 unspecified atom stereocenters. The van der Waals surface area contributed by atoms with Gasteiger partial charge in [-0.3, -0.25) is 0 Å². The second-order valence-electron chi connectivity index (χ2n) is 4.61. The van der Waals surface area contributed by atoms with Gasteiger partial charge in [-0.25, -0.2) is 4.98 Å². The monoisotopic (exact) mass is 259 g/mol. The molecule has 0 atom stereocenters. The van der Waals surface area contributed by atoms with Crippen LogP contribution in [0, 0.1) is 6.92 Å². The number of methoxy groups -OCH3 is 1. The standard InChI is InChI=1S/C15H21N3O/c1-4-5-9-18-11-12(2)16-15(18)17-13-7-6-8-14(10-13)19-3/h6-8,10-11H,4-5,9H2,1-3H3,(H,16,17). The Kier molecular flexibility index (Phi) is 4.44. The summed E-state index contributed by atoms with van der Waals surface area (Å²) in [6, 6.07) is 7.87. The fraction of sp³-hybridized carbons (Fsp3) is 0.400. The SMILES string of the molecule is CCCCn1cc(C)nc1Nc1cccc(OC)c1. The number of hydrogen-bond acceptors (Lipinski definition) is 3. The lowest BCUT2D eigenvalue weighted by molar-refractivity contribution is 0.415. The Labute approximate surface area is 114 Å². The summed E-state index contributed by atoms with van der Waals surface area (Å²) in [6.45, 7) is 5.20. The maximum Gasteiger partial charge on any atom is 0.207 e. The molecule has 2 aromatic rings. The smallest absolute Gasteiger partial charge is 0.207 e. The molecule has 4 nitrogen and oxygen atoms in total. The minimum Gasteiger partial charge on any atom is -0.497 e. The summed E-state index contributed by atoms with van der Waals surface area (Å²) in [7, 11) is 1.67. The van der Waals surface area contributed by atoms with Crippen molar-refractivity contribution in [2.24, 2.45) is 0 Å². The van der Waals surface area contributed by atoms with E-state index in [1.165, 1.54) is 6.42 Å². The highest BCUT2D eigenvalue weighted by atomic mass is 16.5. The topological polar surface area (TPSA) is 39.1 Å². The van der Waals surface area contributed by atoms with E-state index in [9.17, 15) is 0 Å². The molecule has 0 spiro atoms. The molecule has 19 heavy (non-hydrogen) atoms. The first-order valence-corrected chi connectivity index (χ1v) is 6.67.